The normalized spacial score (nSPS) is 24.6. The zero-order valence-corrected chi connectivity index (χ0v) is 11.4. The number of amides is 1. The number of nitrogens with one attached hydrogen (secondary N) is 1. The summed E-state index contributed by atoms with van der Waals surface area (Å²) < 4.78 is 4.89. The van der Waals surface area contributed by atoms with Crippen LogP contribution in [0, 0.1) is 0 Å². The molecule has 100 valence electrons. The fraction of sp³-hybridized carbons (Fsp3) is 0.923. The van der Waals surface area contributed by atoms with Crippen LogP contribution in [-0.2, 0) is 9.53 Å². The van der Waals surface area contributed by atoms with Crippen molar-refractivity contribution in [1.82, 2.24) is 10.2 Å². The number of methoxy groups -OCH3 is 1. The molecule has 0 atom stereocenters. The Morgan fingerprint density at radius 2 is 2.00 bits per heavy atom. The molecule has 0 unspecified atom stereocenters. The molecule has 1 aliphatic carbocycles. The first-order chi connectivity index (χ1) is 8.19. The van der Waals surface area contributed by atoms with Crippen LogP contribution < -0.4 is 5.32 Å². The molecule has 4 heteroatoms. The summed E-state index contributed by atoms with van der Waals surface area (Å²) in [6.07, 6.45) is 5.75. The van der Waals surface area contributed by atoms with Gasteiger partial charge in [0.2, 0.25) is 5.91 Å². The third-order valence-electron chi connectivity index (χ3n) is 3.59. The van der Waals surface area contributed by atoms with Gasteiger partial charge in [0.15, 0.2) is 0 Å². The van der Waals surface area contributed by atoms with Crippen molar-refractivity contribution in [3.8, 4) is 0 Å². The van der Waals surface area contributed by atoms with Gasteiger partial charge < -0.3 is 15.0 Å². The SMILES string of the molecule is CCCNC1CCC(N(C)C(=O)COC)CC1. The third kappa shape index (κ3) is 4.64. The zero-order chi connectivity index (χ0) is 12.7. The molecule has 0 aromatic rings. The Balaban J connectivity index is 2.28. The van der Waals surface area contributed by atoms with Crippen molar-refractivity contribution in [2.45, 2.75) is 51.1 Å². The molecule has 0 saturated heterocycles. The highest BCUT2D eigenvalue weighted by molar-refractivity contribution is 5.77. The molecule has 0 bridgehead atoms. The van der Waals surface area contributed by atoms with E-state index in [4.69, 9.17) is 4.74 Å². The Bertz CT molecular complexity index is 225. The lowest BCUT2D eigenvalue weighted by Gasteiger charge is -2.35. The lowest BCUT2D eigenvalue weighted by Crippen LogP contribution is -2.44. The lowest BCUT2D eigenvalue weighted by molar-refractivity contribution is -0.136. The molecular formula is C13H26N2O2. The largest absolute Gasteiger partial charge is 0.375 e. The van der Waals surface area contributed by atoms with Gasteiger partial charge in [-0.2, -0.15) is 0 Å². The standard InChI is InChI=1S/C13H26N2O2/c1-4-9-14-11-5-7-12(8-6-11)15(2)13(16)10-17-3/h11-12,14H,4-10H2,1-3H3. The van der Waals surface area contributed by atoms with Crippen LogP contribution in [0.3, 0.4) is 0 Å². The summed E-state index contributed by atoms with van der Waals surface area (Å²) in [4.78, 5) is 13.5. The van der Waals surface area contributed by atoms with E-state index in [0.29, 0.717) is 12.1 Å². The van der Waals surface area contributed by atoms with Gasteiger partial charge in [0, 0.05) is 26.2 Å². The number of hydrogen-bond donors (Lipinski definition) is 1. The van der Waals surface area contributed by atoms with E-state index in [0.717, 1.165) is 19.4 Å². The van der Waals surface area contributed by atoms with Gasteiger partial charge in [-0.3, -0.25) is 4.79 Å². The lowest BCUT2D eigenvalue weighted by atomic mass is 9.90. The van der Waals surface area contributed by atoms with Crippen molar-refractivity contribution in [2.75, 3.05) is 27.3 Å². The van der Waals surface area contributed by atoms with Gasteiger partial charge >= 0.3 is 0 Å². The Hall–Kier alpha value is -0.610. The van der Waals surface area contributed by atoms with E-state index in [1.165, 1.54) is 19.3 Å². The maximum Gasteiger partial charge on any atom is 0.248 e. The summed E-state index contributed by atoms with van der Waals surface area (Å²) in [7, 11) is 3.46. The molecule has 1 aliphatic rings. The van der Waals surface area contributed by atoms with E-state index in [-0.39, 0.29) is 12.5 Å². The topological polar surface area (TPSA) is 41.6 Å². The van der Waals surface area contributed by atoms with Crippen molar-refractivity contribution >= 4 is 5.91 Å². The van der Waals surface area contributed by atoms with Crippen LogP contribution in [0.4, 0.5) is 0 Å². The van der Waals surface area contributed by atoms with E-state index in [1.807, 2.05) is 11.9 Å². The van der Waals surface area contributed by atoms with E-state index in [9.17, 15) is 4.79 Å². The number of nitrogens with zero attached hydrogens (tertiary/aromatic N) is 1. The molecule has 1 fully saturated rings. The second-order valence-electron chi connectivity index (χ2n) is 4.90. The van der Waals surface area contributed by atoms with Gasteiger partial charge in [-0.15, -0.1) is 0 Å². The molecule has 0 radical (unpaired) electrons. The highest BCUT2D eigenvalue weighted by atomic mass is 16.5. The van der Waals surface area contributed by atoms with Crippen LogP contribution in [0.25, 0.3) is 0 Å². The average Bonchev–Trinajstić information content (AvgIpc) is 2.36. The smallest absolute Gasteiger partial charge is 0.248 e. The molecule has 0 heterocycles. The Morgan fingerprint density at radius 3 is 2.53 bits per heavy atom. The molecule has 0 spiro atoms. The van der Waals surface area contributed by atoms with Crippen molar-refractivity contribution in [3.05, 3.63) is 0 Å². The number of ether oxygens (including phenoxy) is 1. The second-order valence-corrected chi connectivity index (χ2v) is 4.90. The quantitative estimate of drug-likeness (QED) is 0.765. The summed E-state index contributed by atoms with van der Waals surface area (Å²) in [6, 6.07) is 1.05. The van der Waals surface area contributed by atoms with E-state index in [2.05, 4.69) is 12.2 Å². The first-order valence-corrected chi connectivity index (χ1v) is 6.67. The van der Waals surface area contributed by atoms with Gasteiger partial charge in [-0.1, -0.05) is 6.92 Å². The van der Waals surface area contributed by atoms with E-state index >= 15 is 0 Å². The summed E-state index contributed by atoms with van der Waals surface area (Å²) in [5.41, 5.74) is 0. The zero-order valence-electron chi connectivity index (χ0n) is 11.4. The van der Waals surface area contributed by atoms with Gasteiger partial charge in [-0.05, 0) is 38.6 Å². The molecule has 0 aromatic carbocycles. The number of hydrogen-bond acceptors (Lipinski definition) is 3. The van der Waals surface area contributed by atoms with Gasteiger partial charge in [0.1, 0.15) is 6.61 Å². The molecule has 1 N–H and O–H groups in total. The first-order valence-electron chi connectivity index (χ1n) is 6.67. The fourth-order valence-electron chi connectivity index (χ4n) is 2.44. The number of likely N-dealkylation sites (N-methyl/N-ethyl adjacent to an activating group) is 1. The van der Waals surface area contributed by atoms with Gasteiger partial charge in [-0.25, -0.2) is 0 Å². The molecule has 1 amide bonds. The minimum Gasteiger partial charge on any atom is -0.375 e. The molecule has 0 aromatic heterocycles. The predicted octanol–water partition coefficient (Wildman–Crippen LogP) is 1.40. The molecule has 0 aliphatic heterocycles. The van der Waals surface area contributed by atoms with Gasteiger partial charge in [0.25, 0.3) is 0 Å². The summed E-state index contributed by atoms with van der Waals surface area (Å²) >= 11 is 0. The fourth-order valence-corrected chi connectivity index (χ4v) is 2.44. The molecular weight excluding hydrogens is 216 g/mol. The Labute approximate surface area is 105 Å². The van der Waals surface area contributed by atoms with Crippen LogP contribution in [0.2, 0.25) is 0 Å². The van der Waals surface area contributed by atoms with E-state index < -0.39 is 0 Å². The maximum absolute atomic E-state index is 11.7. The van der Waals surface area contributed by atoms with Crippen molar-refractivity contribution in [3.63, 3.8) is 0 Å². The average molecular weight is 242 g/mol. The molecule has 4 nitrogen and oxygen atoms in total. The Morgan fingerprint density at radius 1 is 1.35 bits per heavy atom. The molecule has 17 heavy (non-hydrogen) atoms. The van der Waals surface area contributed by atoms with Crippen LogP contribution in [0.15, 0.2) is 0 Å². The summed E-state index contributed by atoms with van der Waals surface area (Å²) in [5.74, 6) is 0.0949. The second kappa shape index (κ2) is 7.67. The van der Waals surface area contributed by atoms with Crippen molar-refractivity contribution < 1.29 is 9.53 Å². The number of carbonyl (C=O) groups excluding carboxylic acids is 1. The molecule has 1 rings (SSSR count). The van der Waals surface area contributed by atoms with E-state index in [1.54, 1.807) is 7.11 Å². The minimum absolute atomic E-state index is 0.0949. The van der Waals surface area contributed by atoms with Crippen LogP contribution in [-0.4, -0.2) is 50.2 Å². The number of rotatable bonds is 6. The predicted molar refractivity (Wildman–Crippen MR) is 69.0 cm³/mol. The van der Waals surface area contributed by atoms with Crippen LogP contribution >= 0.6 is 0 Å². The molecule has 1 saturated carbocycles. The summed E-state index contributed by atoms with van der Waals surface area (Å²) in [5, 5.41) is 3.56. The third-order valence-corrected chi connectivity index (χ3v) is 3.59. The van der Waals surface area contributed by atoms with Crippen LogP contribution in [0.1, 0.15) is 39.0 Å². The number of carbonyl (C=O) groups is 1. The minimum atomic E-state index is 0.0949. The monoisotopic (exact) mass is 242 g/mol. The van der Waals surface area contributed by atoms with Crippen LogP contribution in [0.5, 0.6) is 0 Å². The maximum atomic E-state index is 11.7. The highest BCUT2D eigenvalue weighted by Crippen LogP contribution is 2.22. The van der Waals surface area contributed by atoms with Crippen molar-refractivity contribution in [1.29, 1.82) is 0 Å². The highest BCUT2D eigenvalue weighted by Gasteiger charge is 2.25. The Kier molecular flexibility index (Phi) is 6.52. The van der Waals surface area contributed by atoms with Gasteiger partial charge in [0.05, 0.1) is 0 Å². The summed E-state index contributed by atoms with van der Waals surface area (Å²) in [6.45, 7) is 3.49. The first kappa shape index (κ1) is 14.5. The van der Waals surface area contributed by atoms with Crippen molar-refractivity contribution in [2.24, 2.45) is 0 Å².